The number of amides is 1. The minimum Gasteiger partial charge on any atom is -0.329 e. The molecule has 0 fully saturated rings. The first-order valence-electron chi connectivity index (χ1n) is 3.18. The van der Waals surface area contributed by atoms with Crippen LogP contribution in [0.3, 0.4) is 0 Å². The Kier molecular flexibility index (Phi) is 3.99. The predicted octanol–water partition coefficient (Wildman–Crippen LogP) is -0.630. The highest BCUT2D eigenvalue weighted by molar-refractivity contribution is 5.43. The molecule has 0 aromatic rings. The molecule has 0 aliphatic carbocycles. The van der Waals surface area contributed by atoms with Crippen molar-refractivity contribution in [1.82, 2.24) is 5.48 Å². The second-order valence-corrected chi connectivity index (χ2v) is 3.10. The third kappa shape index (κ3) is 7.39. The van der Waals surface area contributed by atoms with Gasteiger partial charge in [0, 0.05) is 0 Å². The second-order valence-electron chi connectivity index (χ2n) is 3.10. The first-order valence-corrected chi connectivity index (χ1v) is 3.18. The maximum atomic E-state index is 9.69. The van der Waals surface area contributed by atoms with Crippen LogP contribution in [0, 0.1) is 0 Å². The van der Waals surface area contributed by atoms with Gasteiger partial charge in [-0.2, -0.15) is 0 Å². The van der Waals surface area contributed by atoms with Crippen molar-refractivity contribution in [3.8, 4) is 0 Å². The van der Waals surface area contributed by atoms with E-state index in [1.54, 1.807) is 0 Å². The number of carbonyl (C=O) groups excluding carboxylic acids is 1. The third-order valence-corrected chi connectivity index (χ3v) is 0.996. The zero-order chi connectivity index (χ0) is 8.04. The minimum atomic E-state index is 0.523. The second kappa shape index (κ2) is 4.24. The van der Waals surface area contributed by atoms with Crippen molar-refractivity contribution in [3.05, 3.63) is 0 Å². The average Bonchev–Trinajstić information content (AvgIpc) is 1.78. The lowest BCUT2D eigenvalue weighted by atomic mass is 10.5. The summed E-state index contributed by atoms with van der Waals surface area (Å²) in [5.74, 6) is 0. The molecule has 0 aromatic carbocycles. The monoisotopic (exact) mass is 147 g/mol. The highest BCUT2D eigenvalue weighted by atomic mass is 16.6. The van der Waals surface area contributed by atoms with Gasteiger partial charge in [0.2, 0.25) is 6.41 Å². The van der Waals surface area contributed by atoms with Crippen molar-refractivity contribution in [1.29, 1.82) is 0 Å². The summed E-state index contributed by atoms with van der Waals surface area (Å²) in [6, 6.07) is 0. The van der Waals surface area contributed by atoms with E-state index in [2.05, 4.69) is 26.6 Å². The van der Waals surface area contributed by atoms with Gasteiger partial charge in [0.05, 0.1) is 21.1 Å². The molecule has 0 saturated carbocycles. The van der Waals surface area contributed by atoms with E-state index in [0.717, 1.165) is 11.0 Å². The lowest BCUT2D eigenvalue weighted by Crippen LogP contribution is -2.38. The lowest BCUT2D eigenvalue weighted by Gasteiger charge is -2.22. The van der Waals surface area contributed by atoms with Gasteiger partial charge >= 0.3 is 0 Å². The Balaban J connectivity index is 3.12. The summed E-state index contributed by atoms with van der Waals surface area (Å²) in [7, 11) is 6.18. The topological polar surface area (TPSA) is 38.3 Å². The van der Waals surface area contributed by atoms with Crippen molar-refractivity contribution in [2.24, 2.45) is 0 Å². The van der Waals surface area contributed by atoms with E-state index >= 15 is 0 Å². The number of hydrogen-bond donors (Lipinski definition) is 1. The molecule has 0 bridgehead atoms. The first kappa shape index (κ1) is 9.39. The highest BCUT2D eigenvalue weighted by Crippen LogP contribution is 1.87. The van der Waals surface area contributed by atoms with Crippen LogP contribution in [0.1, 0.15) is 0 Å². The number of quaternary nitrogens is 1. The summed E-state index contributed by atoms with van der Waals surface area (Å²) < 4.78 is 0.834. The van der Waals surface area contributed by atoms with Crippen LogP contribution in [0.25, 0.3) is 0 Å². The molecule has 60 valence electrons. The Morgan fingerprint density at radius 3 is 2.50 bits per heavy atom. The molecule has 4 nitrogen and oxygen atoms in total. The largest absolute Gasteiger partial charge is 0.329 e. The Bertz CT molecular complexity index is 98.4. The van der Waals surface area contributed by atoms with Gasteiger partial charge in [-0.25, -0.2) is 5.48 Å². The zero-order valence-corrected chi connectivity index (χ0v) is 6.76. The maximum Gasteiger partial charge on any atom is 0.230 e. The van der Waals surface area contributed by atoms with Crippen LogP contribution in [-0.2, 0) is 9.63 Å². The summed E-state index contributed by atoms with van der Waals surface area (Å²) in [5, 5.41) is 0. The number of nitrogens with zero attached hydrogens (tertiary/aromatic N) is 1. The molecule has 0 radical (unpaired) electrons. The van der Waals surface area contributed by atoms with Crippen molar-refractivity contribution in [2.45, 2.75) is 0 Å². The van der Waals surface area contributed by atoms with Gasteiger partial charge in [-0.15, -0.1) is 0 Å². The molecule has 0 heterocycles. The Hall–Kier alpha value is -0.610. The van der Waals surface area contributed by atoms with Crippen LogP contribution in [-0.4, -0.2) is 45.2 Å². The molecule has 1 amide bonds. The van der Waals surface area contributed by atoms with Gasteiger partial charge in [0.15, 0.2) is 0 Å². The molecule has 0 unspecified atom stereocenters. The van der Waals surface area contributed by atoms with Crippen LogP contribution < -0.4 is 5.48 Å². The van der Waals surface area contributed by atoms with E-state index < -0.39 is 0 Å². The Labute approximate surface area is 61.3 Å². The van der Waals surface area contributed by atoms with E-state index in [1.807, 2.05) is 0 Å². The summed E-state index contributed by atoms with van der Waals surface area (Å²) in [4.78, 5) is 14.4. The van der Waals surface area contributed by atoms with E-state index in [9.17, 15) is 4.79 Å². The first-order chi connectivity index (χ1) is 4.56. The number of hydrogen-bond acceptors (Lipinski definition) is 2. The normalized spacial score (nSPS) is 11.1. The van der Waals surface area contributed by atoms with Crippen molar-refractivity contribution < 1.29 is 14.1 Å². The number of likely N-dealkylation sites (N-methyl/N-ethyl adjacent to an activating group) is 1. The molecule has 1 N–H and O–H groups in total. The third-order valence-electron chi connectivity index (χ3n) is 0.996. The fraction of sp³-hybridized carbons (Fsp3) is 0.833. The molecule has 0 atom stereocenters. The van der Waals surface area contributed by atoms with Crippen molar-refractivity contribution in [2.75, 3.05) is 34.3 Å². The lowest BCUT2D eigenvalue weighted by molar-refractivity contribution is -0.870. The number of nitrogens with one attached hydrogen (secondary N) is 1. The molecule has 0 aliphatic rings. The minimum absolute atomic E-state index is 0.523. The van der Waals surface area contributed by atoms with Crippen LogP contribution in [0.2, 0.25) is 0 Å². The van der Waals surface area contributed by atoms with Gasteiger partial charge in [0.1, 0.15) is 13.2 Å². The zero-order valence-electron chi connectivity index (χ0n) is 6.76. The molecule has 0 rings (SSSR count). The van der Waals surface area contributed by atoms with Gasteiger partial charge in [-0.1, -0.05) is 0 Å². The van der Waals surface area contributed by atoms with Gasteiger partial charge in [-0.3, -0.25) is 9.63 Å². The highest BCUT2D eigenvalue weighted by Gasteiger charge is 2.04. The molecule has 0 aromatic heterocycles. The van der Waals surface area contributed by atoms with Crippen LogP contribution in [0.5, 0.6) is 0 Å². The van der Waals surface area contributed by atoms with Gasteiger partial charge < -0.3 is 4.48 Å². The quantitative estimate of drug-likeness (QED) is 0.243. The fourth-order valence-corrected chi connectivity index (χ4v) is 0.412. The fourth-order valence-electron chi connectivity index (χ4n) is 0.412. The molecule has 10 heavy (non-hydrogen) atoms. The SMILES string of the molecule is C[N+](C)(C)CCONC=O. The molecule has 0 saturated heterocycles. The van der Waals surface area contributed by atoms with E-state index in [1.165, 1.54) is 0 Å². The van der Waals surface area contributed by atoms with Crippen LogP contribution >= 0.6 is 0 Å². The average molecular weight is 147 g/mol. The number of hydroxylamine groups is 1. The Morgan fingerprint density at radius 2 is 2.10 bits per heavy atom. The van der Waals surface area contributed by atoms with Crippen molar-refractivity contribution >= 4 is 6.41 Å². The smallest absolute Gasteiger partial charge is 0.230 e. The molecule has 0 spiro atoms. The summed E-state index contributed by atoms with van der Waals surface area (Å²) in [5.41, 5.74) is 2.13. The standard InChI is InChI=1S/C6H14N2O2/c1-8(2,3)4-5-10-7-6-9/h6H,4-5H2,1-3H3/p+1. The molecule has 0 aliphatic heterocycles. The number of rotatable bonds is 5. The predicted molar refractivity (Wildman–Crippen MR) is 38.1 cm³/mol. The molecule has 4 heteroatoms. The van der Waals surface area contributed by atoms with E-state index in [4.69, 9.17) is 4.84 Å². The van der Waals surface area contributed by atoms with Gasteiger partial charge in [0.25, 0.3) is 0 Å². The summed E-state index contributed by atoms with van der Waals surface area (Å²) >= 11 is 0. The summed E-state index contributed by atoms with van der Waals surface area (Å²) in [6.45, 7) is 1.42. The van der Waals surface area contributed by atoms with E-state index in [0.29, 0.717) is 13.0 Å². The summed E-state index contributed by atoms with van der Waals surface area (Å²) in [6.07, 6.45) is 0.523. The van der Waals surface area contributed by atoms with Crippen LogP contribution in [0.15, 0.2) is 0 Å². The molecular formula is C6H15N2O2+. The van der Waals surface area contributed by atoms with Gasteiger partial charge in [-0.05, 0) is 0 Å². The van der Waals surface area contributed by atoms with E-state index in [-0.39, 0.29) is 0 Å². The number of carbonyl (C=O) groups is 1. The van der Waals surface area contributed by atoms with Crippen LogP contribution in [0.4, 0.5) is 0 Å². The Morgan fingerprint density at radius 1 is 1.50 bits per heavy atom. The maximum absolute atomic E-state index is 9.69. The molecular weight excluding hydrogens is 132 g/mol. The van der Waals surface area contributed by atoms with Crippen molar-refractivity contribution in [3.63, 3.8) is 0 Å².